The summed E-state index contributed by atoms with van der Waals surface area (Å²) in [5, 5.41) is 5.89. The van der Waals surface area contributed by atoms with Crippen LogP contribution in [0.25, 0.3) is 11.3 Å². The van der Waals surface area contributed by atoms with Crippen molar-refractivity contribution in [2.45, 2.75) is 46.1 Å². The van der Waals surface area contributed by atoms with Crippen LogP contribution in [0.4, 0.5) is 22.2 Å². The van der Waals surface area contributed by atoms with Crippen LogP contribution in [0.2, 0.25) is 0 Å². The third-order valence-electron chi connectivity index (χ3n) is 11.5. The van der Waals surface area contributed by atoms with Crippen molar-refractivity contribution in [3.05, 3.63) is 118 Å². The minimum atomic E-state index is -1.03. The van der Waals surface area contributed by atoms with Gasteiger partial charge in [0.15, 0.2) is 5.13 Å². The van der Waals surface area contributed by atoms with Crippen LogP contribution in [0.5, 0.6) is 5.75 Å². The van der Waals surface area contributed by atoms with Crippen molar-refractivity contribution in [2.75, 3.05) is 74.5 Å². The number of aryl methyl sites for hydroxylation is 2. The van der Waals surface area contributed by atoms with E-state index in [1.165, 1.54) is 18.3 Å². The molecular formula is C49H50N6O10S. The summed E-state index contributed by atoms with van der Waals surface area (Å²) in [6, 6.07) is 24.9. The maximum Gasteiger partial charge on any atom is 0.264 e. The number of piperidine rings is 1. The summed E-state index contributed by atoms with van der Waals surface area (Å²) in [5.41, 5.74) is 6.85. The van der Waals surface area contributed by atoms with Crippen LogP contribution in [0.1, 0.15) is 66.8 Å². The Kier molecular flexibility index (Phi) is 14.3. The van der Waals surface area contributed by atoms with Crippen molar-refractivity contribution in [3.63, 3.8) is 0 Å². The fourth-order valence-corrected chi connectivity index (χ4v) is 9.28. The molecule has 1 atom stereocenters. The number of benzene rings is 4. The monoisotopic (exact) mass is 914 g/mol. The Morgan fingerprint density at radius 2 is 1.58 bits per heavy atom. The van der Waals surface area contributed by atoms with E-state index in [1.807, 2.05) is 73.3 Å². The van der Waals surface area contributed by atoms with Gasteiger partial charge in [-0.2, -0.15) is 0 Å². The van der Waals surface area contributed by atoms with Crippen LogP contribution in [-0.4, -0.2) is 111 Å². The molecule has 66 heavy (non-hydrogen) atoms. The van der Waals surface area contributed by atoms with Gasteiger partial charge in [0.05, 0.1) is 62.1 Å². The van der Waals surface area contributed by atoms with Crippen LogP contribution < -0.4 is 25.2 Å². The number of nitrogens with one attached hydrogen (secondary N) is 2. The average Bonchev–Trinajstić information content (AvgIpc) is 3.98. The number of thiazole rings is 1. The lowest BCUT2D eigenvalue weighted by Gasteiger charge is -2.27. The van der Waals surface area contributed by atoms with E-state index in [2.05, 4.69) is 16.7 Å². The molecule has 4 aromatic carbocycles. The smallest absolute Gasteiger partial charge is 0.264 e. The summed E-state index contributed by atoms with van der Waals surface area (Å²) in [6.45, 7) is 8.72. The van der Waals surface area contributed by atoms with Crippen molar-refractivity contribution >= 4 is 69.0 Å². The lowest BCUT2D eigenvalue weighted by molar-refractivity contribution is -0.136. The first-order valence-electron chi connectivity index (χ1n) is 21.8. The van der Waals surface area contributed by atoms with Crippen LogP contribution in [0, 0.1) is 13.8 Å². The van der Waals surface area contributed by atoms with E-state index in [1.54, 1.807) is 29.2 Å². The lowest BCUT2D eigenvalue weighted by Crippen LogP contribution is -2.54. The fraction of sp³-hybridized carbons (Fsp3) is 0.327. The number of nitrogens with zero attached hydrogens (tertiary/aromatic N) is 4. The predicted octanol–water partition coefficient (Wildman–Crippen LogP) is 6.26. The highest BCUT2D eigenvalue weighted by molar-refractivity contribution is 7.16. The van der Waals surface area contributed by atoms with Crippen LogP contribution in [0.15, 0.2) is 84.9 Å². The molecule has 6 amide bonds. The number of anilines is 4. The molecule has 3 aliphatic rings. The Bertz CT molecular complexity index is 2680. The van der Waals surface area contributed by atoms with Gasteiger partial charge in [-0.15, -0.1) is 11.3 Å². The number of rotatable bonds is 19. The van der Waals surface area contributed by atoms with Gasteiger partial charge in [-0.25, -0.2) is 4.98 Å². The highest BCUT2D eigenvalue weighted by atomic mass is 32.1. The molecule has 342 valence electrons. The topological polar surface area (TPSA) is 186 Å². The van der Waals surface area contributed by atoms with Crippen molar-refractivity contribution in [1.82, 2.24) is 15.2 Å². The van der Waals surface area contributed by atoms with Crippen molar-refractivity contribution < 1.29 is 47.7 Å². The SMILES string of the molecule is CC(=O)N(c1cccc(OCCOCCOCCOCCNc2cccc3c2C(=O)N(C2CCC(=O)NC2=O)C3=O)c1)c1nc(-c2ccc3c(c2)CCN3C(=O)c2ccccc2C)c(C)s1. The molecule has 1 aromatic heterocycles. The van der Waals surface area contributed by atoms with Gasteiger partial charge in [0.25, 0.3) is 17.7 Å². The molecule has 1 unspecified atom stereocenters. The highest BCUT2D eigenvalue weighted by Crippen LogP contribution is 2.40. The van der Waals surface area contributed by atoms with Gasteiger partial charge >= 0.3 is 0 Å². The molecule has 2 N–H and O–H groups in total. The third kappa shape index (κ3) is 9.89. The number of fused-ring (bicyclic) bond motifs is 2. The van der Waals surface area contributed by atoms with E-state index >= 15 is 0 Å². The standard InChI is InChI=1S/C49H50N6O10S/c1-30-8-4-5-11-37(30)46(59)53-20-18-33-28-34(14-15-40(33)53)44-31(2)66-49(52-44)54(32(3)56)35-9-6-10-36(29-35)65-27-26-64-25-24-63-23-22-62-21-19-50-39-13-7-12-38-43(39)48(61)55(47(38)60)41-16-17-42(57)51-45(41)58/h4-15,28-29,41,50H,16-27H2,1-3H3,(H,51,57,58). The number of hydrogen-bond donors (Lipinski definition) is 2. The summed E-state index contributed by atoms with van der Waals surface area (Å²) >= 11 is 1.44. The van der Waals surface area contributed by atoms with Gasteiger partial charge in [0.2, 0.25) is 17.7 Å². The molecule has 0 bridgehead atoms. The molecule has 16 nitrogen and oxygen atoms in total. The zero-order valence-electron chi connectivity index (χ0n) is 36.9. The van der Waals surface area contributed by atoms with Crippen LogP contribution in [0.3, 0.4) is 0 Å². The molecule has 1 fully saturated rings. The quantitative estimate of drug-likeness (QED) is 0.0702. The predicted molar refractivity (Wildman–Crippen MR) is 248 cm³/mol. The summed E-state index contributed by atoms with van der Waals surface area (Å²) in [4.78, 5) is 87.1. The Hall–Kier alpha value is -6.79. The second-order valence-electron chi connectivity index (χ2n) is 15.9. The number of amides is 6. The summed E-state index contributed by atoms with van der Waals surface area (Å²) < 4.78 is 22.9. The molecule has 0 saturated carbocycles. The number of carbonyl (C=O) groups is 6. The van der Waals surface area contributed by atoms with Gasteiger partial charge in [0.1, 0.15) is 18.4 Å². The summed E-state index contributed by atoms with van der Waals surface area (Å²) in [7, 11) is 0. The maximum atomic E-state index is 13.4. The zero-order chi connectivity index (χ0) is 46.3. The van der Waals surface area contributed by atoms with E-state index in [9.17, 15) is 28.8 Å². The number of imide groups is 2. The Morgan fingerprint density at radius 1 is 0.833 bits per heavy atom. The summed E-state index contributed by atoms with van der Waals surface area (Å²) in [5.74, 6) is -1.83. The third-order valence-corrected chi connectivity index (χ3v) is 12.5. The van der Waals surface area contributed by atoms with Crippen molar-refractivity contribution in [2.24, 2.45) is 0 Å². The number of aromatic nitrogens is 1. The first-order chi connectivity index (χ1) is 32.0. The van der Waals surface area contributed by atoms with Gasteiger partial charge in [-0.05, 0) is 80.3 Å². The molecular weight excluding hydrogens is 865 g/mol. The first kappa shape index (κ1) is 45.8. The molecule has 1 saturated heterocycles. The molecule has 5 aromatic rings. The normalized spacial score (nSPS) is 15.5. The van der Waals surface area contributed by atoms with Gasteiger partial charge in [0, 0.05) is 59.9 Å². The molecule has 0 aliphatic carbocycles. The van der Waals surface area contributed by atoms with Gasteiger partial charge in [-0.3, -0.25) is 43.9 Å². The molecule has 0 radical (unpaired) electrons. The first-order valence-corrected chi connectivity index (χ1v) is 22.6. The largest absolute Gasteiger partial charge is 0.491 e. The van der Waals surface area contributed by atoms with Crippen LogP contribution >= 0.6 is 11.3 Å². The minimum Gasteiger partial charge on any atom is -0.491 e. The minimum absolute atomic E-state index is 0.00315. The number of carbonyl (C=O) groups excluding carboxylic acids is 6. The van der Waals surface area contributed by atoms with E-state index < -0.39 is 29.7 Å². The second-order valence-corrected chi connectivity index (χ2v) is 17.1. The maximum absolute atomic E-state index is 13.4. The van der Waals surface area contributed by atoms with Crippen LogP contribution in [-0.2, 0) is 35.0 Å². The molecule has 0 spiro atoms. The fourth-order valence-electron chi connectivity index (χ4n) is 8.28. The van der Waals surface area contributed by atoms with E-state index in [-0.39, 0.29) is 42.4 Å². The van der Waals surface area contributed by atoms with E-state index in [4.69, 9.17) is 23.9 Å². The molecule has 3 aliphatic heterocycles. The van der Waals surface area contributed by atoms with E-state index in [0.29, 0.717) is 80.6 Å². The van der Waals surface area contributed by atoms with Gasteiger partial charge < -0.3 is 29.2 Å². The average molecular weight is 915 g/mol. The lowest BCUT2D eigenvalue weighted by atomic mass is 10.0. The number of ether oxygens (including phenoxy) is 4. The number of hydrogen-bond acceptors (Lipinski definition) is 13. The zero-order valence-corrected chi connectivity index (χ0v) is 37.7. The Balaban J connectivity index is 0.739. The van der Waals surface area contributed by atoms with Crippen molar-refractivity contribution in [3.8, 4) is 17.0 Å². The Labute approximate surface area is 385 Å². The van der Waals surface area contributed by atoms with E-state index in [0.717, 1.165) is 44.3 Å². The molecule has 4 heterocycles. The molecule has 8 rings (SSSR count). The van der Waals surface area contributed by atoms with Crippen molar-refractivity contribution in [1.29, 1.82) is 0 Å². The highest BCUT2D eigenvalue weighted by Gasteiger charge is 2.45. The van der Waals surface area contributed by atoms with Gasteiger partial charge in [-0.1, -0.05) is 36.4 Å². The Morgan fingerprint density at radius 3 is 2.33 bits per heavy atom. The second kappa shape index (κ2) is 20.6. The molecule has 17 heteroatoms. The summed E-state index contributed by atoms with van der Waals surface area (Å²) in [6.07, 6.45) is 0.886.